The van der Waals surface area contributed by atoms with E-state index in [1.54, 1.807) is 19.2 Å². The van der Waals surface area contributed by atoms with Gasteiger partial charge in [-0.1, -0.05) is 32.9 Å². The molecule has 180 valence electrons. The molecule has 3 rings (SSSR count). The molecule has 0 spiro atoms. The minimum absolute atomic E-state index is 0.0788. The number of piperazine rings is 1. The maximum absolute atomic E-state index is 13.0. The van der Waals surface area contributed by atoms with Gasteiger partial charge in [0.05, 0.1) is 29.0 Å². The highest BCUT2D eigenvalue weighted by Gasteiger charge is 2.23. The lowest BCUT2D eigenvalue weighted by Gasteiger charge is -2.30. The zero-order valence-corrected chi connectivity index (χ0v) is 20.5. The highest BCUT2D eigenvalue weighted by molar-refractivity contribution is 7.92. The minimum atomic E-state index is -3.84. The van der Waals surface area contributed by atoms with E-state index in [0.717, 1.165) is 18.7 Å². The summed E-state index contributed by atoms with van der Waals surface area (Å²) in [5.74, 6) is 0.201. The standard InChI is InChI=1S/C23H33N5O4S/c1-23(2,3)17-5-7-19(8-6-17)33(30,31)27-18-15-20(22(29)25-11-14-32-4)21(26-16-18)28-12-9-24-10-13-28/h5-8,15-16,24,27H,9-14H2,1-4H3,(H,25,29). The third kappa shape index (κ3) is 6.43. The van der Waals surface area contributed by atoms with E-state index in [1.165, 1.54) is 12.3 Å². The number of hydrogen-bond donors (Lipinski definition) is 3. The summed E-state index contributed by atoms with van der Waals surface area (Å²) in [5.41, 5.74) is 1.50. The quantitative estimate of drug-likeness (QED) is 0.500. The number of ether oxygens (including phenoxy) is 1. The van der Waals surface area contributed by atoms with E-state index < -0.39 is 10.0 Å². The first kappa shape index (κ1) is 24.9. The lowest BCUT2D eigenvalue weighted by Crippen LogP contribution is -2.44. The molecule has 0 atom stereocenters. The first-order chi connectivity index (χ1) is 15.6. The zero-order valence-electron chi connectivity index (χ0n) is 19.6. The maximum Gasteiger partial charge on any atom is 0.261 e. The molecule has 1 aromatic heterocycles. The van der Waals surface area contributed by atoms with Crippen LogP contribution >= 0.6 is 0 Å². The first-order valence-corrected chi connectivity index (χ1v) is 12.5. The number of amides is 1. The molecule has 0 bridgehead atoms. The second-order valence-electron chi connectivity index (χ2n) is 8.96. The Labute approximate surface area is 196 Å². The summed E-state index contributed by atoms with van der Waals surface area (Å²) < 4.78 is 33.5. The van der Waals surface area contributed by atoms with Crippen LogP contribution in [0.2, 0.25) is 0 Å². The number of sulfonamides is 1. The summed E-state index contributed by atoms with van der Waals surface area (Å²) in [6.45, 7) is 9.90. The van der Waals surface area contributed by atoms with Crippen LogP contribution < -0.4 is 20.3 Å². The first-order valence-electron chi connectivity index (χ1n) is 11.0. The van der Waals surface area contributed by atoms with E-state index >= 15 is 0 Å². The predicted octanol–water partition coefficient (Wildman–Crippen LogP) is 1.97. The van der Waals surface area contributed by atoms with Gasteiger partial charge < -0.3 is 20.3 Å². The highest BCUT2D eigenvalue weighted by Crippen LogP contribution is 2.26. The Hall–Kier alpha value is -2.69. The Morgan fingerprint density at radius 2 is 1.85 bits per heavy atom. The Bertz CT molecular complexity index is 1060. The highest BCUT2D eigenvalue weighted by atomic mass is 32.2. The summed E-state index contributed by atoms with van der Waals surface area (Å²) in [7, 11) is -2.28. The van der Waals surface area contributed by atoms with Crippen LogP contribution in [0.25, 0.3) is 0 Å². The van der Waals surface area contributed by atoms with Crippen molar-refractivity contribution in [2.24, 2.45) is 0 Å². The van der Waals surface area contributed by atoms with E-state index in [-0.39, 0.29) is 21.9 Å². The number of pyridine rings is 1. The van der Waals surface area contributed by atoms with Gasteiger partial charge in [0.25, 0.3) is 15.9 Å². The number of aromatic nitrogens is 1. The lowest BCUT2D eigenvalue weighted by molar-refractivity contribution is 0.0937. The average molecular weight is 476 g/mol. The number of nitrogens with zero attached hydrogens (tertiary/aromatic N) is 2. The van der Waals surface area contributed by atoms with Crippen molar-refractivity contribution < 1.29 is 17.9 Å². The lowest BCUT2D eigenvalue weighted by atomic mass is 9.87. The summed E-state index contributed by atoms with van der Waals surface area (Å²) in [5, 5.41) is 6.07. The minimum Gasteiger partial charge on any atom is -0.383 e. The molecule has 10 heteroatoms. The number of hydrogen-bond acceptors (Lipinski definition) is 7. The van der Waals surface area contributed by atoms with Crippen LogP contribution in [0.5, 0.6) is 0 Å². The number of methoxy groups -OCH3 is 1. The van der Waals surface area contributed by atoms with E-state index in [9.17, 15) is 13.2 Å². The molecule has 1 aliphatic heterocycles. The van der Waals surface area contributed by atoms with Crippen molar-refractivity contribution in [2.75, 3.05) is 56.1 Å². The molecule has 33 heavy (non-hydrogen) atoms. The molecule has 2 aromatic rings. The zero-order chi connectivity index (χ0) is 24.1. The summed E-state index contributed by atoms with van der Waals surface area (Å²) in [6.07, 6.45) is 1.45. The molecule has 3 N–H and O–H groups in total. The Balaban J connectivity index is 1.87. The third-order valence-corrected chi connectivity index (χ3v) is 6.80. The van der Waals surface area contributed by atoms with Crippen LogP contribution in [0.4, 0.5) is 11.5 Å². The van der Waals surface area contributed by atoms with Crippen molar-refractivity contribution in [3.8, 4) is 0 Å². The Kier molecular flexibility index (Phi) is 7.93. The monoisotopic (exact) mass is 475 g/mol. The molecular weight excluding hydrogens is 442 g/mol. The average Bonchev–Trinajstić information content (AvgIpc) is 2.79. The van der Waals surface area contributed by atoms with Crippen LogP contribution in [-0.4, -0.2) is 65.7 Å². The summed E-state index contributed by atoms with van der Waals surface area (Å²) >= 11 is 0. The topological polar surface area (TPSA) is 113 Å². The largest absolute Gasteiger partial charge is 0.383 e. The number of rotatable bonds is 8. The fraction of sp³-hybridized carbons (Fsp3) is 0.478. The van der Waals surface area contributed by atoms with Crippen LogP contribution in [0, 0.1) is 0 Å². The van der Waals surface area contributed by atoms with Crippen molar-refractivity contribution in [1.29, 1.82) is 0 Å². The normalized spacial score (nSPS) is 14.7. The number of nitrogens with one attached hydrogen (secondary N) is 3. The van der Waals surface area contributed by atoms with Gasteiger partial charge in [-0.2, -0.15) is 0 Å². The molecule has 0 saturated carbocycles. The van der Waals surface area contributed by atoms with Gasteiger partial charge in [-0.3, -0.25) is 9.52 Å². The van der Waals surface area contributed by atoms with Gasteiger partial charge in [-0.05, 0) is 29.2 Å². The van der Waals surface area contributed by atoms with Gasteiger partial charge in [0.2, 0.25) is 0 Å². The molecule has 1 saturated heterocycles. The van der Waals surface area contributed by atoms with Gasteiger partial charge in [-0.15, -0.1) is 0 Å². The van der Waals surface area contributed by atoms with Crippen LogP contribution in [0.1, 0.15) is 36.7 Å². The third-order valence-electron chi connectivity index (χ3n) is 5.40. The number of benzene rings is 1. The van der Waals surface area contributed by atoms with Crippen LogP contribution in [0.3, 0.4) is 0 Å². The molecule has 0 radical (unpaired) electrons. The molecule has 1 amide bonds. The Morgan fingerprint density at radius 3 is 2.45 bits per heavy atom. The van der Waals surface area contributed by atoms with E-state index in [1.807, 2.05) is 17.0 Å². The molecule has 2 heterocycles. The van der Waals surface area contributed by atoms with Gasteiger partial charge >= 0.3 is 0 Å². The molecule has 9 nitrogen and oxygen atoms in total. The molecular formula is C23H33N5O4S. The number of carbonyl (C=O) groups is 1. The van der Waals surface area contributed by atoms with Crippen molar-refractivity contribution >= 4 is 27.4 Å². The smallest absolute Gasteiger partial charge is 0.261 e. The van der Waals surface area contributed by atoms with E-state index in [0.29, 0.717) is 37.6 Å². The fourth-order valence-corrected chi connectivity index (χ4v) is 4.55. The second kappa shape index (κ2) is 10.5. The van der Waals surface area contributed by atoms with Gasteiger partial charge in [-0.25, -0.2) is 13.4 Å². The Morgan fingerprint density at radius 1 is 1.18 bits per heavy atom. The number of anilines is 2. The summed E-state index contributed by atoms with van der Waals surface area (Å²) in [6, 6.07) is 8.34. The number of carbonyl (C=O) groups excluding carboxylic acids is 1. The fourth-order valence-electron chi connectivity index (χ4n) is 3.52. The van der Waals surface area contributed by atoms with Crippen molar-refractivity contribution in [1.82, 2.24) is 15.6 Å². The van der Waals surface area contributed by atoms with Crippen LogP contribution in [0.15, 0.2) is 41.4 Å². The van der Waals surface area contributed by atoms with E-state index in [2.05, 4.69) is 41.1 Å². The van der Waals surface area contributed by atoms with Crippen molar-refractivity contribution in [3.05, 3.63) is 47.7 Å². The van der Waals surface area contributed by atoms with Gasteiger partial charge in [0.1, 0.15) is 5.82 Å². The predicted molar refractivity (Wildman–Crippen MR) is 129 cm³/mol. The second-order valence-corrected chi connectivity index (χ2v) is 10.6. The van der Waals surface area contributed by atoms with Gasteiger partial charge in [0, 0.05) is 39.8 Å². The van der Waals surface area contributed by atoms with Crippen molar-refractivity contribution in [2.45, 2.75) is 31.1 Å². The van der Waals surface area contributed by atoms with E-state index in [4.69, 9.17) is 4.74 Å². The molecule has 1 fully saturated rings. The SMILES string of the molecule is COCCNC(=O)c1cc(NS(=O)(=O)c2ccc(C(C)(C)C)cc2)cnc1N1CCNCC1. The van der Waals surface area contributed by atoms with Gasteiger partial charge in [0.15, 0.2) is 0 Å². The molecule has 1 aromatic carbocycles. The molecule has 0 aliphatic carbocycles. The molecule has 0 unspecified atom stereocenters. The molecule has 1 aliphatic rings. The summed E-state index contributed by atoms with van der Waals surface area (Å²) in [4.78, 5) is 19.5. The van der Waals surface area contributed by atoms with Crippen LogP contribution in [-0.2, 0) is 20.2 Å². The van der Waals surface area contributed by atoms with Crippen molar-refractivity contribution in [3.63, 3.8) is 0 Å². The maximum atomic E-state index is 13.0.